The highest BCUT2D eigenvalue weighted by Gasteiger charge is 2.19. The number of anilines is 2. The van der Waals surface area contributed by atoms with E-state index in [-0.39, 0.29) is 31.6 Å². The summed E-state index contributed by atoms with van der Waals surface area (Å²) >= 11 is 7.03. The van der Waals surface area contributed by atoms with Crippen molar-refractivity contribution in [1.29, 1.82) is 0 Å². The van der Waals surface area contributed by atoms with Crippen LogP contribution in [-0.2, 0) is 24.7 Å². The van der Waals surface area contributed by atoms with E-state index in [1.807, 2.05) is 0 Å². The van der Waals surface area contributed by atoms with E-state index in [0.717, 1.165) is 11.3 Å². The normalized spacial score (nSPS) is 12.1. The van der Waals surface area contributed by atoms with E-state index >= 15 is 0 Å². The Hall–Kier alpha value is -2.21. The van der Waals surface area contributed by atoms with Crippen LogP contribution in [0.15, 0.2) is 45.6 Å². The summed E-state index contributed by atoms with van der Waals surface area (Å²) in [5, 5.41) is 2.58. The van der Waals surface area contributed by atoms with Crippen LogP contribution in [0, 0.1) is 0 Å². The third-order valence-corrected chi connectivity index (χ3v) is 8.73. The molecule has 0 bridgehead atoms. The maximum absolute atomic E-state index is 12.7. The molecular formula is C17H16ClN3O5S3. The second kappa shape index (κ2) is 7.90. The van der Waals surface area contributed by atoms with Gasteiger partial charge in [0.2, 0.25) is 20.1 Å². The first-order valence-electron chi connectivity index (χ1n) is 8.25. The van der Waals surface area contributed by atoms with E-state index in [1.165, 1.54) is 44.2 Å². The number of rotatable bonds is 6. The first kappa shape index (κ1) is 21.5. The minimum atomic E-state index is -3.96. The summed E-state index contributed by atoms with van der Waals surface area (Å²) in [7, 11) is -7.40. The van der Waals surface area contributed by atoms with Crippen LogP contribution in [0.2, 0.25) is 5.02 Å². The quantitative estimate of drug-likeness (QED) is 0.564. The first-order valence-corrected chi connectivity index (χ1v) is 12.6. The van der Waals surface area contributed by atoms with E-state index < -0.39 is 19.9 Å². The molecule has 154 valence electrons. The molecule has 0 saturated carbocycles. The molecule has 3 aromatic rings. The Morgan fingerprint density at radius 1 is 1.14 bits per heavy atom. The number of hydrogen-bond acceptors (Lipinski definition) is 7. The Balaban J connectivity index is 1.91. The van der Waals surface area contributed by atoms with E-state index in [1.54, 1.807) is 6.07 Å². The van der Waals surface area contributed by atoms with Gasteiger partial charge in [-0.2, -0.15) is 0 Å². The predicted octanol–water partition coefficient (Wildman–Crippen LogP) is 3.50. The average Bonchev–Trinajstić information content (AvgIpc) is 3.07. The van der Waals surface area contributed by atoms with E-state index in [0.29, 0.717) is 15.9 Å². The van der Waals surface area contributed by atoms with Crippen LogP contribution in [0.1, 0.15) is 13.8 Å². The van der Waals surface area contributed by atoms with Crippen molar-refractivity contribution < 1.29 is 21.6 Å². The molecule has 0 spiro atoms. The Labute approximate surface area is 176 Å². The number of amides is 1. The lowest BCUT2D eigenvalue weighted by Crippen LogP contribution is -2.13. The topological polar surface area (TPSA) is 122 Å². The Morgan fingerprint density at radius 3 is 2.48 bits per heavy atom. The molecule has 1 heterocycles. The molecule has 1 amide bonds. The molecule has 2 aromatic carbocycles. The average molecular weight is 474 g/mol. The third-order valence-electron chi connectivity index (χ3n) is 3.83. The molecular weight excluding hydrogens is 458 g/mol. The predicted molar refractivity (Wildman–Crippen MR) is 114 cm³/mol. The number of thiazole rings is 1. The lowest BCUT2D eigenvalue weighted by molar-refractivity contribution is -0.114. The fraction of sp³-hybridized carbons (Fsp3) is 0.176. The largest absolute Gasteiger partial charge is 0.325 e. The number of sulfonamides is 1. The number of halogens is 1. The first-order chi connectivity index (χ1) is 13.5. The monoisotopic (exact) mass is 473 g/mol. The maximum Gasteiger partial charge on any atom is 0.261 e. The van der Waals surface area contributed by atoms with Crippen molar-refractivity contribution in [3.8, 4) is 0 Å². The summed E-state index contributed by atoms with van der Waals surface area (Å²) in [5.74, 6) is -0.399. The third kappa shape index (κ3) is 4.69. The molecule has 0 atom stereocenters. The van der Waals surface area contributed by atoms with Gasteiger partial charge in [-0.1, -0.05) is 18.5 Å². The highest BCUT2D eigenvalue weighted by atomic mass is 35.5. The van der Waals surface area contributed by atoms with Gasteiger partial charge in [0.15, 0.2) is 0 Å². The zero-order chi connectivity index (χ0) is 21.4. The molecule has 0 aliphatic heterocycles. The number of carbonyl (C=O) groups is 1. The lowest BCUT2D eigenvalue weighted by atomic mass is 10.3. The minimum absolute atomic E-state index is 0.00431. The van der Waals surface area contributed by atoms with Crippen molar-refractivity contribution in [3.05, 3.63) is 41.4 Å². The van der Waals surface area contributed by atoms with Crippen molar-refractivity contribution in [1.82, 2.24) is 4.98 Å². The van der Waals surface area contributed by atoms with Gasteiger partial charge >= 0.3 is 0 Å². The maximum atomic E-state index is 12.7. The van der Waals surface area contributed by atoms with Crippen molar-refractivity contribution in [2.24, 2.45) is 0 Å². The van der Waals surface area contributed by atoms with E-state index in [9.17, 15) is 21.6 Å². The smallest absolute Gasteiger partial charge is 0.261 e. The summed E-state index contributed by atoms with van der Waals surface area (Å²) in [6.45, 7) is 2.85. The van der Waals surface area contributed by atoms with Crippen LogP contribution in [0.25, 0.3) is 10.2 Å². The fourth-order valence-electron chi connectivity index (χ4n) is 2.39. The number of nitrogens with one attached hydrogen (secondary N) is 2. The van der Waals surface area contributed by atoms with Gasteiger partial charge in [0, 0.05) is 6.92 Å². The highest BCUT2D eigenvalue weighted by molar-refractivity contribution is 7.93. The molecule has 0 unspecified atom stereocenters. The number of aromatic nitrogens is 1. The van der Waals surface area contributed by atoms with E-state index in [4.69, 9.17) is 11.6 Å². The Morgan fingerprint density at radius 2 is 1.86 bits per heavy atom. The molecule has 12 heteroatoms. The summed E-state index contributed by atoms with van der Waals surface area (Å²) in [6, 6.07) is 8.50. The summed E-state index contributed by atoms with van der Waals surface area (Å²) in [5.41, 5.74) is 1.02. The second-order valence-electron chi connectivity index (χ2n) is 5.99. The zero-order valence-corrected chi connectivity index (χ0v) is 18.5. The molecule has 0 aliphatic rings. The molecule has 0 saturated heterocycles. The molecule has 0 aliphatic carbocycles. The van der Waals surface area contributed by atoms with Crippen molar-refractivity contribution in [2.45, 2.75) is 23.1 Å². The van der Waals surface area contributed by atoms with Gasteiger partial charge in [-0.05, 0) is 36.4 Å². The molecule has 8 nitrogen and oxygen atoms in total. The molecule has 1 aromatic heterocycles. The van der Waals surface area contributed by atoms with Crippen LogP contribution in [-0.4, -0.2) is 33.5 Å². The van der Waals surface area contributed by atoms with Crippen LogP contribution < -0.4 is 10.0 Å². The number of benzene rings is 2. The SMILES string of the molecule is CCS(=O)(=O)c1nc2ccc(NS(=O)(=O)c3ccc(NC(C)=O)c(Cl)c3)cc2s1. The number of hydrogen-bond donors (Lipinski definition) is 2. The van der Waals surface area contributed by atoms with Crippen molar-refractivity contribution in [2.75, 3.05) is 15.8 Å². The van der Waals surface area contributed by atoms with Crippen LogP contribution in [0.4, 0.5) is 11.4 Å². The van der Waals surface area contributed by atoms with Crippen LogP contribution in [0.5, 0.6) is 0 Å². The zero-order valence-electron chi connectivity index (χ0n) is 15.3. The van der Waals surface area contributed by atoms with Gasteiger partial charge in [-0.15, -0.1) is 11.3 Å². The molecule has 0 radical (unpaired) electrons. The van der Waals surface area contributed by atoms with Crippen molar-refractivity contribution in [3.63, 3.8) is 0 Å². The van der Waals surface area contributed by atoms with Gasteiger partial charge in [-0.3, -0.25) is 9.52 Å². The summed E-state index contributed by atoms with van der Waals surface area (Å²) in [6.07, 6.45) is 0. The van der Waals surface area contributed by atoms with Gasteiger partial charge in [0.1, 0.15) is 0 Å². The van der Waals surface area contributed by atoms with Crippen LogP contribution in [0.3, 0.4) is 0 Å². The van der Waals surface area contributed by atoms with E-state index in [2.05, 4.69) is 15.0 Å². The van der Waals surface area contributed by atoms with Gasteiger partial charge in [0.25, 0.3) is 10.0 Å². The number of carbonyl (C=O) groups excluding carboxylic acids is 1. The standard InChI is InChI=1S/C17H16ClN3O5S3/c1-3-28(23,24)17-20-15-6-4-11(8-16(15)27-17)21-29(25,26)12-5-7-14(13(18)9-12)19-10(2)22/h4-9,21H,3H2,1-2H3,(H,19,22). The molecule has 2 N–H and O–H groups in total. The minimum Gasteiger partial charge on any atom is -0.325 e. The molecule has 3 rings (SSSR count). The Bertz CT molecular complexity index is 1320. The number of sulfone groups is 1. The van der Waals surface area contributed by atoms with Crippen molar-refractivity contribution >= 4 is 70.3 Å². The van der Waals surface area contributed by atoms with Gasteiger partial charge < -0.3 is 5.32 Å². The van der Waals surface area contributed by atoms with Crippen LogP contribution >= 0.6 is 22.9 Å². The highest BCUT2D eigenvalue weighted by Crippen LogP contribution is 2.30. The summed E-state index contributed by atoms with van der Waals surface area (Å²) in [4.78, 5) is 15.1. The summed E-state index contributed by atoms with van der Waals surface area (Å²) < 4.78 is 52.3. The Kier molecular flexibility index (Phi) is 5.86. The number of nitrogens with zero attached hydrogens (tertiary/aromatic N) is 1. The number of fused-ring (bicyclic) bond motifs is 1. The fourth-order valence-corrected chi connectivity index (χ4v) is 6.11. The molecule has 29 heavy (non-hydrogen) atoms. The second-order valence-corrected chi connectivity index (χ2v) is 11.6. The lowest BCUT2D eigenvalue weighted by Gasteiger charge is -2.10. The van der Waals surface area contributed by atoms with Gasteiger partial charge in [0.05, 0.1) is 37.3 Å². The molecule has 0 fully saturated rings. The van der Waals surface area contributed by atoms with Gasteiger partial charge in [-0.25, -0.2) is 21.8 Å².